The van der Waals surface area contributed by atoms with Crippen molar-refractivity contribution in [2.45, 2.75) is 19.8 Å². The molecule has 0 aliphatic carbocycles. The van der Waals surface area contributed by atoms with Crippen LogP contribution in [-0.4, -0.2) is 16.8 Å². The van der Waals surface area contributed by atoms with E-state index in [4.69, 9.17) is 0 Å². The maximum absolute atomic E-state index is 11.7. The molecule has 21 heavy (non-hydrogen) atoms. The number of rotatable bonds is 4. The van der Waals surface area contributed by atoms with Crippen molar-refractivity contribution in [1.82, 2.24) is 15.8 Å². The van der Waals surface area contributed by atoms with E-state index in [9.17, 15) is 9.59 Å². The van der Waals surface area contributed by atoms with E-state index in [1.54, 1.807) is 12.3 Å². The van der Waals surface area contributed by atoms with Gasteiger partial charge in [0.05, 0.1) is 0 Å². The molecule has 0 saturated heterocycles. The van der Waals surface area contributed by atoms with Crippen molar-refractivity contribution >= 4 is 27.7 Å². The van der Waals surface area contributed by atoms with Crippen molar-refractivity contribution in [3.8, 4) is 0 Å². The Balaban J connectivity index is 1.74. The van der Waals surface area contributed by atoms with Gasteiger partial charge in [-0.3, -0.25) is 20.4 Å². The Bertz CT molecular complexity index is 635. The molecule has 2 rings (SSSR count). The summed E-state index contributed by atoms with van der Waals surface area (Å²) in [7, 11) is 0. The Hall–Kier alpha value is -2.08. The monoisotopic (exact) mass is 349 g/mol. The van der Waals surface area contributed by atoms with Gasteiger partial charge in [0.1, 0.15) is 5.69 Å². The number of benzene rings is 1. The standard InChI is InChI=1S/C15H16BrN3O2/c1-10-2-4-11(5-3-10)6-7-14(20)18-19-15(21)13-8-12(16)9-17-13/h2-5,8-9,17H,6-7H2,1H3,(H,18,20)(H,19,21). The van der Waals surface area contributed by atoms with Gasteiger partial charge in [0.2, 0.25) is 5.91 Å². The Morgan fingerprint density at radius 2 is 1.90 bits per heavy atom. The van der Waals surface area contributed by atoms with Gasteiger partial charge >= 0.3 is 0 Å². The number of nitrogens with one attached hydrogen (secondary N) is 3. The number of aromatic nitrogens is 1. The predicted octanol–water partition coefficient (Wildman–Crippen LogP) is 2.48. The molecule has 0 spiro atoms. The van der Waals surface area contributed by atoms with Crippen LogP contribution >= 0.6 is 15.9 Å². The zero-order valence-electron chi connectivity index (χ0n) is 11.6. The second kappa shape index (κ2) is 7.08. The fourth-order valence-corrected chi connectivity index (χ4v) is 2.11. The molecule has 110 valence electrons. The summed E-state index contributed by atoms with van der Waals surface area (Å²) in [6.45, 7) is 2.02. The van der Waals surface area contributed by atoms with Gasteiger partial charge in [-0.05, 0) is 40.9 Å². The van der Waals surface area contributed by atoms with Gasteiger partial charge in [0.25, 0.3) is 5.91 Å². The van der Waals surface area contributed by atoms with Crippen molar-refractivity contribution in [2.24, 2.45) is 0 Å². The smallest absolute Gasteiger partial charge is 0.286 e. The molecule has 0 unspecified atom stereocenters. The van der Waals surface area contributed by atoms with E-state index in [0.717, 1.165) is 10.0 Å². The zero-order valence-corrected chi connectivity index (χ0v) is 13.2. The summed E-state index contributed by atoms with van der Waals surface area (Å²) in [5, 5.41) is 0. The quantitative estimate of drug-likeness (QED) is 0.741. The molecular weight excluding hydrogens is 334 g/mol. The second-order valence-electron chi connectivity index (χ2n) is 4.72. The lowest BCUT2D eigenvalue weighted by Gasteiger charge is -2.06. The van der Waals surface area contributed by atoms with Crippen molar-refractivity contribution < 1.29 is 9.59 Å². The highest BCUT2D eigenvalue weighted by Crippen LogP contribution is 2.10. The first-order chi connectivity index (χ1) is 10.0. The molecule has 2 aromatic rings. The number of aryl methyl sites for hydroxylation is 2. The number of halogens is 1. The summed E-state index contributed by atoms with van der Waals surface area (Å²) in [5.74, 6) is -0.612. The normalized spacial score (nSPS) is 10.2. The zero-order chi connectivity index (χ0) is 15.2. The van der Waals surface area contributed by atoms with Gasteiger partial charge in [0, 0.05) is 17.1 Å². The number of carbonyl (C=O) groups is 2. The highest BCUT2D eigenvalue weighted by atomic mass is 79.9. The molecule has 0 bridgehead atoms. The lowest BCUT2D eigenvalue weighted by Crippen LogP contribution is -2.41. The Labute approximate surface area is 131 Å². The SMILES string of the molecule is Cc1ccc(CCC(=O)NNC(=O)c2cc(Br)c[nH]2)cc1. The van der Waals surface area contributed by atoms with Gasteiger partial charge < -0.3 is 4.98 Å². The van der Waals surface area contributed by atoms with E-state index in [0.29, 0.717) is 18.5 Å². The van der Waals surface area contributed by atoms with E-state index in [1.165, 1.54) is 5.56 Å². The largest absolute Gasteiger partial charge is 0.356 e. The number of H-pyrrole nitrogens is 1. The molecule has 3 N–H and O–H groups in total. The number of hydrazine groups is 1. The molecule has 0 saturated carbocycles. The van der Waals surface area contributed by atoms with E-state index in [1.807, 2.05) is 31.2 Å². The molecule has 1 heterocycles. The van der Waals surface area contributed by atoms with E-state index >= 15 is 0 Å². The molecule has 5 nitrogen and oxygen atoms in total. The van der Waals surface area contributed by atoms with Crippen LogP contribution in [0, 0.1) is 6.92 Å². The van der Waals surface area contributed by atoms with Crippen molar-refractivity contribution in [1.29, 1.82) is 0 Å². The van der Waals surface area contributed by atoms with Crippen LogP contribution in [0.15, 0.2) is 41.0 Å². The lowest BCUT2D eigenvalue weighted by atomic mass is 10.1. The van der Waals surface area contributed by atoms with E-state index < -0.39 is 0 Å². The summed E-state index contributed by atoms with van der Waals surface area (Å²) in [6, 6.07) is 9.65. The number of aromatic amines is 1. The molecule has 0 aliphatic rings. The van der Waals surface area contributed by atoms with Crippen LogP contribution in [-0.2, 0) is 11.2 Å². The second-order valence-corrected chi connectivity index (χ2v) is 5.64. The topological polar surface area (TPSA) is 74.0 Å². The number of hydrogen-bond acceptors (Lipinski definition) is 2. The van der Waals surface area contributed by atoms with Gasteiger partial charge in [0.15, 0.2) is 0 Å². The third-order valence-electron chi connectivity index (χ3n) is 2.97. The Morgan fingerprint density at radius 3 is 2.52 bits per heavy atom. The lowest BCUT2D eigenvalue weighted by molar-refractivity contribution is -0.121. The van der Waals surface area contributed by atoms with Crippen molar-refractivity contribution in [2.75, 3.05) is 0 Å². The highest BCUT2D eigenvalue weighted by molar-refractivity contribution is 9.10. The van der Waals surface area contributed by atoms with Crippen molar-refractivity contribution in [3.05, 3.63) is 57.8 Å². The third-order valence-corrected chi connectivity index (χ3v) is 3.43. The van der Waals surface area contributed by atoms with Gasteiger partial charge in [-0.15, -0.1) is 0 Å². The maximum Gasteiger partial charge on any atom is 0.286 e. The number of carbonyl (C=O) groups excluding carboxylic acids is 2. The highest BCUT2D eigenvalue weighted by Gasteiger charge is 2.09. The van der Waals surface area contributed by atoms with Crippen LogP contribution in [0.1, 0.15) is 28.0 Å². The molecular formula is C15H16BrN3O2. The van der Waals surface area contributed by atoms with Crippen LogP contribution in [0.4, 0.5) is 0 Å². The number of hydrogen-bond donors (Lipinski definition) is 3. The molecule has 0 fully saturated rings. The summed E-state index contributed by atoms with van der Waals surface area (Å²) < 4.78 is 0.776. The van der Waals surface area contributed by atoms with Gasteiger partial charge in [-0.1, -0.05) is 29.8 Å². The molecule has 2 amide bonds. The molecule has 1 aromatic carbocycles. The van der Waals surface area contributed by atoms with Crippen LogP contribution in [0.2, 0.25) is 0 Å². The third kappa shape index (κ3) is 4.75. The summed E-state index contributed by atoms with van der Waals surface area (Å²) in [4.78, 5) is 26.2. The molecule has 0 aliphatic heterocycles. The summed E-state index contributed by atoms with van der Waals surface area (Å²) in [6.07, 6.45) is 2.60. The van der Waals surface area contributed by atoms with Crippen LogP contribution < -0.4 is 10.9 Å². The first kappa shape index (κ1) is 15.3. The molecule has 0 radical (unpaired) electrons. The fraction of sp³-hybridized carbons (Fsp3) is 0.200. The van der Waals surface area contributed by atoms with E-state index in [-0.39, 0.29) is 11.8 Å². The van der Waals surface area contributed by atoms with Crippen molar-refractivity contribution in [3.63, 3.8) is 0 Å². The first-order valence-corrected chi connectivity index (χ1v) is 7.32. The fourth-order valence-electron chi connectivity index (χ4n) is 1.77. The average molecular weight is 350 g/mol. The predicted molar refractivity (Wildman–Crippen MR) is 83.6 cm³/mol. The van der Waals surface area contributed by atoms with Crippen LogP contribution in [0.3, 0.4) is 0 Å². The molecule has 1 aromatic heterocycles. The average Bonchev–Trinajstić information content (AvgIpc) is 2.91. The van der Waals surface area contributed by atoms with E-state index in [2.05, 4.69) is 31.8 Å². The number of amides is 2. The molecule has 0 atom stereocenters. The minimum atomic E-state index is -0.385. The summed E-state index contributed by atoms with van der Waals surface area (Å²) in [5.41, 5.74) is 7.42. The molecule has 6 heteroatoms. The minimum Gasteiger partial charge on any atom is -0.356 e. The first-order valence-electron chi connectivity index (χ1n) is 6.53. The Kier molecular flexibility index (Phi) is 5.16. The maximum atomic E-state index is 11.7. The summed E-state index contributed by atoms with van der Waals surface area (Å²) >= 11 is 3.24. The van der Waals surface area contributed by atoms with Gasteiger partial charge in [-0.2, -0.15) is 0 Å². The van der Waals surface area contributed by atoms with Gasteiger partial charge in [-0.25, -0.2) is 0 Å². The van der Waals surface area contributed by atoms with Crippen LogP contribution in [0.25, 0.3) is 0 Å². The van der Waals surface area contributed by atoms with Crippen LogP contribution in [0.5, 0.6) is 0 Å². The minimum absolute atomic E-state index is 0.227. The Morgan fingerprint density at radius 1 is 1.19 bits per heavy atom.